The zero-order valence-electron chi connectivity index (χ0n) is 15.4. The molecule has 3 spiro atoms. The molecule has 2 N–H and O–H groups in total. The predicted octanol–water partition coefficient (Wildman–Crippen LogP) is 4.71. The summed E-state index contributed by atoms with van der Waals surface area (Å²) in [6.07, 6.45) is 12.5. The lowest BCUT2D eigenvalue weighted by atomic mass is 9.46. The van der Waals surface area contributed by atoms with E-state index in [0.717, 1.165) is 18.8 Å². The van der Waals surface area contributed by atoms with Crippen molar-refractivity contribution in [1.82, 2.24) is 0 Å². The lowest BCUT2D eigenvalue weighted by Crippen LogP contribution is -2.52. The van der Waals surface area contributed by atoms with Gasteiger partial charge in [-0.2, -0.15) is 0 Å². The van der Waals surface area contributed by atoms with Crippen LogP contribution in [0, 0.1) is 22.2 Å². The molecule has 2 heteroatoms. The fourth-order valence-electron chi connectivity index (χ4n) is 8.96. The third kappa shape index (κ3) is 1.43. The number of phenolic OH excluding ortho intramolecular Hbond substituents is 1. The zero-order chi connectivity index (χ0) is 17.1. The van der Waals surface area contributed by atoms with Crippen molar-refractivity contribution in [3.8, 4) is 5.75 Å². The van der Waals surface area contributed by atoms with Gasteiger partial charge in [-0.3, -0.25) is 0 Å². The van der Waals surface area contributed by atoms with Crippen LogP contribution in [0.4, 0.5) is 0 Å². The quantitative estimate of drug-likeness (QED) is 0.719. The van der Waals surface area contributed by atoms with Crippen LogP contribution in [0.15, 0.2) is 18.2 Å². The molecule has 2 nitrogen and oxygen atoms in total. The summed E-state index contributed by atoms with van der Waals surface area (Å²) in [6, 6.07) is 6.23. The number of hydrogen-bond acceptors (Lipinski definition) is 2. The van der Waals surface area contributed by atoms with E-state index in [-0.39, 0.29) is 11.5 Å². The molecule has 2 bridgehead atoms. The number of aliphatic hydroxyl groups is 1. The number of rotatable bonds is 0. The van der Waals surface area contributed by atoms with Crippen LogP contribution in [0.25, 0.3) is 0 Å². The number of aromatic hydroxyl groups is 1. The van der Waals surface area contributed by atoms with E-state index in [1.165, 1.54) is 56.9 Å². The second-order valence-electron chi connectivity index (χ2n) is 10.4. The van der Waals surface area contributed by atoms with Crippen molar-refractivity contribution in [1.29, 1.82) is 0 Å². The van der Waals surface area contributed by atoms with Gasteiger partial charge in [0.1, 0.15) is 5.75 Å². The molecule has 1 aromatic carbocycles. The number of fused-ring (bicyclic) bond motifs is 3. The maximum Gasteiger partial charge on any atom is 0.115 e. The van der Waals surface area contributed by atoms with Crippen LogP contribution in [-0.2, 0) is 11.8 Å². The summed E-state index contributed by atoms with van der Waals surface area (Å²) >= 11 is 0. The fraction of sp³-hybridized carbons (Fsp3) is 0.739. The SMILES string of the molecule is C[C@]12CC3CCC4(CC3)c3ccc(O)cc3CCC43CC31CCC2O. The number of hydrogen-bond donors (Lipinski definition) is 2. The van der Waals surface area contributed by atoms with Crippen LogP contribution >= 0.6 is 0 Å². The van der Waals surface area contributed by atoms with E-state index in [0.29, 0.717) is 22.0 Å². The minimum atomic E-state index is -0.0931. The van der Waals surface area contributed by atoms with Gasteiger partial charge >= 0.3 is 0 Å². The molecule has 6 aliphatic rings. The Hall–Kier alpha value is -1.02. The van der Waals surface area contributed by atoms with Crippen LogP contribution in [-0.4, -0.2) is 16.3 Å². The third-order valence-corrected chi connectivity index (χ3v) is 10.1. The van der Waals surface area contributed by atoms with Crippen LogP contribution < -0.4 is 0 Å². The Kier molecular flexibility index (Phi) is 2.58. The fourth-order valence-corrected chi connectivity index (χ4v) is 8.96. The Labute approximate surface area is 150 Å². The van der Waals surface area contributed by atoms with Crippen LogP contribution in [0.3, 0.4) is 0 Å². The maximum atomic E-state index is 11.0. The summed E-state index contributed by atoms with van der Waals surface area (Å²) in [6.45, 7) is 2.44. The zero-order valence-corrected chi connectivity index (χ0v) is 15.4. The van der Waals surface area contributed by atoms with Crippen molar-refractivity contribution in [2.24, 2.45) is 22.2 Å². The number of aliphatic hydroxyl groups excluding tert-OH is 1. The van der Waals surface area contributed by atoms with Gasteiger partial charge in [0.25, 0.3) is 0 Å². The standard InChI is InChI=1S/C23H30O2/c1-20-13-15-4-8-21(9-5-15)18-3-2-17(24)12-16(18)6-10-23(21)14-22(20,23)11-7-19(20)25/h2-3,12,15,19,24-25H,4-11,13-14H2,1H3/t15?,19?,20-,21?,22?,23?/m1/s1. The van der Waals surface area contributed by atoms with Gasteiger partial charge in [-0.05, 0) is 110 Å². The highest BCUT2D eigenvalue weighted by Gasteiger charge is 2.83. The van der Waals surface area contributed by atoms with Gasteiger partial charge in [0.05, 0.1) is 6.10 Å². The van der Waals surface area contributed by atoms with Gasteiger partial charge in [0, 0.05) is 5.41 Å². The van der Waals surface area contributed by atoms with Crippen LogP contribution in [0.5, 0.6) is 5.75 Å². The lowest BCUT2D eigenvalue weighted by molar-refractivity contribution is -0.0579. The molecule has 6 aliphatic carbocycles. The summed E-state index contributed by atoms with van der Waals surface area (Å²) < 4.78 is 0. The molecule has 134 valence electrons. The minimum Gasteiger partial charge on any atom is -0.508 e. The Morgan fingerprint density at radius 2 is 1.80 bits per heavy atom. The van der Waals surface area contributed by atoms with Gasteiger partial charge in [0.15, 0.2) is 0 Å². The summed E-state index contributed by atoms with van der Waals surface area (Å²) in [7, 11) is 0. The van der Waals surface area contributed by atoms with Crippen molar-refractivity contribution in [3.63, 3.8) is 0 Å². The predicted molar refractivity (Wildman–Crippen MR) is 97.5 cm³/mol. The highest BCUT2D eigenvalue weighted by Crippen LogP contribution is 2.89. The Bertz CT molecular complexity index is 761. The summed E-state index contributed by atoms with van der Waals surface area (Å²) in [5.74, 6) is 1.23. The highest BCUT2D eigenvalue weighted by atomic mass is 16.3. The lowest BCUT2D eigenvalue weighted by Gasteiger charge is -2.57. The molecule has 25 heavy (non-hydrogen) atoms. The Morgan fingerprint density at radius 3 is 2.60 bits per heavy atom. The second kappa shape index (κ2) is 4.27. The van der Waals surface area contributed by atoms with E-state index in [1.54, 1.807) is 5.56 Å². The smallest absolute Gasteiger partial charge is 0.115 e. The number of benzene rings is 1. The second-order valence-corrected chi connectivity index (χ2v) is 10.4. The van der Waals surface area contributed by atoms with Gasteiger partial charge < -0.3 is 10.2 Å². The molecule has 4 atom stereocenters. The highest BCUT2D eigenvalue weighted by molar-refractivity contribution is 5.49. The first-order valence-corrected chi connectivity index (χ1v) is 10.5. The Balaban J connectivity index is 1.59. The largest absolute Gasteiger partial charge is 0.508 e. The van der Waals surface area contributed by atoms with E-state index in [9.17, 15) is 10.2 Å². The molecule has 0 amide bonds. The number of phenols is 1. The first-order chi connectivity index (χ1) is 12.0. The molecule has 0 aromatic heterocycles. The molecule has 0 radical (unpaired) electrons. The molecular formula is C23H30O2. The van der Waals surface area contributed by atoms with Crippen molar-refractivity contribution in [2.75, 3.05) is 0 Å². The van der Waals surface area contributed by atoms with E-state index in [2.05, 4.69) is 13.0 Å². The van der Waals surface area contributed by atoms with Gasteiger partial charge in [-0.15, -0.1) is 0 Å². The van der Waals surface area contributed by atoms with Crippen LogP contribution in [0.1, 0.15) is 75.8 Å². The van der Waals surface area contributed by atoms with Crippen molar-refractivity contribution < 1.29 is 10.2 Å². The van der Waals surface area contributed by atoms with Crippen molar-refractivity contribution in [2.45, 2.75) is 82.7 Å². The normalized spacial score (nSPS) is 52.4. The molecule has 0 saturated heterocycles. The Morgan fingerprint density at radius 1 is 1.00 bits per heavy atom. The van der Waals surface area contributed by atoms with Crippen molar-refractivity contribution in [3.05, 3.63) is 29.3 Å². The average molecular weight is 338 g/mol. The van der Waals surface area contributed by atoms with Crippen molar-refractivity contribution >= 4 is 0 Å². The molecule has 7 rings (SSSR count). The summed E-state index contributed by atoms with van der Waals surface area (Å²) in [5.41, 5.74) is 4.23. The monoisotopic (exact) mass is 338 g/mol. The molecule has 5 fully saturated rings. The van der Waals surface area contributed by atoms with Gasteiger partial charge in [-0.1, -0.05) is 13.0 Å². The van der Waals surface area contributed by atoms with E-state index in [4.69, 9.17) is 0 Å². The summed E-state index contributed by atoms with van der Waals surface area (Å²) in [5, 5.41) is 21.0. The molecule has 5 saturated carbocycles. The minimum absolute atomic E-state index is 0.0931. The van der Waals surface area contributed by atoms with Crippen LogP contribution in [0.2, 0.25) is 0 Å². The molecule has 1 aromatic rings. The first kappa shape index (κ1) is 15.1. The maximum absolute atomic E-state index is 11.0. The summed E-state index contributed by atoms with van der Waals surface area (Å²) in [4.78, 5) is 0. The first-order valence-electron chi connectivity index (χ1n) is 10.5. The molecule has 3 unspecified atom stereocenters. The van der Waals surface area contributed by atoms with Gasteiger partial charge in [0.2, 0.25) is 0 Å². The molecule has 0 heterocycles. The van der Waals surface area contributed by atoms with E-state index < -0.39 is 0 Å². The van der Waals surface area contributed by atoms with E-state index in [1.807, 2.05) is 12.1 Å². The molecular weight excluding hydrogens is 308 g/mol. The van der Waals surface area contributed by atoms with Gasteiger partial charge in [-0.25, -0.2) is 0 Å². The third-order valence-electron chi connectivity index (χ3n) is 10.1. The topological polar surface area (TPSA) is 40.5 Å². The molecule has 0 aliphatic heterocycles. The average Bonchev–Trinajstić information content (AvgIpc) is 3.20. The number of aryl methyl sites for hydroxylation is 1. The van der Waals surface area contributed by atoms with E-state index >= 15 is 0 Å².